The van der Waals surface area contributed by atoms with Gasteiger partial charge in [-0.3, -0.25) is 4.79 Å². The number of hydrogen-bond acceptors (Lipinski definition) is 7. The van der Waals surface area contributed by atoms with E-state index in [0.717, 1.165) is 63.4 Å². The van der Waals surface area contributed by atoms with Gasteiger partial charge in [-0.05, 0) is 51.7 Å². The summed E-state index contributed by atoms with van der Waals surface area (Å²) in [5.41, 5.74) is 1.72. The summed E-state index contributed by atoms with van der Waals surface area (Å²) in [5, 5.41) is 3.70. The highest BCUT2D eigenvalue weighted by Gasteiger charge is 2.42. The van der Waals surface area contributed by atoms with Crippen molar-refractivity contribution in [3.05, 3.63) is 35.2 Å². The summed E-state index contributed by atoms with van der Waals surface area (Å²) in [7, 11) is 0. The fourth-order valence-corrected chi connectivity index (χ4v) is 5.57. The van der Waals surface area contributed by atoms with E-state index in [4.69, 9.17) is 16.6 Å². The number of halogens is 1. The third-order valence-electron chi connectivity index (χ3n) is 7.01. The van der Waals surface area contributed by atoms with Gasteiger partial charge in [-0.2, -0.15) is 4.98 Å². The Morgan fingerprint density at radius 3 is 2.72 bits per heavy atom. The van der Waals surface area contributed by atoms with Gasteiger partial charge in [0.05, 0.1) is 0 Å². The molecule has 0 saturated carbocycles. The summed E-state index contributed by atoms with van der Waals surface area (Å²) in [6, 6.07) is 4.79. The fourth-order valence-electron chi connectivity index (χ4n) is 5.40. The van der Waals surface area contributed by atoms with Gasteiger partial charge < -0.3 is 20.0 Å². The zero-order chi connectivity index (χ0) is 22.2. The molecule has 170 valence electrons. The topological polar surface area (TPSA) is 77.5 Å². The molecule has 5 heterocycles. The van der Waals surface area contributed by atoms with Crippen molar-refractivity contribution < 1.29 is 4.79 Å². The van der Waals surface area contributed by atoms with E-state index in [2.05, 4.69) is 36.9 Å². The van der Waals surface area contributed by atoms with Gasteiger partial charge >= 0.3 is 0 Å². The zero-order valence-electron chi connectivity index (χ0n) is 18.7. The molecule has 5 rings (SSSR count). The Morgan fingerprint density at radius 1 is 1.16 bits per heavy atom. The Hall–Kier alpha value is -2.61. The lowest BCUT2D eigenvalue weighted by Crippen LogP contribution is -2.50. The molecule has 2 fully saturated rings. The molecule has 8 nitrogen and oxygen atoms in total. The van der Waals surface area contributed by atoms with E-state index in [0.29, 0.717) is 28.7 Å². The van der Waals surface area contributed by atoms with E-state index in [-0.39, 0.29) is 11.9 Å². The van der Waals surface area contributed by atoms with Gasteiger partial charge in [-0.1, -0.05) is 11.6 Å². The number of rotatable bonds is 4. The van der Waals surface area contributed by atoms with Gasteiger partial charge in [0.2, 0.25) is 5.95 Å². The van der Waals surface area contributed by atoms with Crippen molar-refractivity contribution in [3.63, 3.8) is 0 Å². The number of carbonyl (C=O) groups is 1. The number of hydrogen-bond donors (Lipinski definition) is 1. The van der Waals surface area contributed by atoms with Crippen molar-refractivity contribution in [2.45, 2.75) is 57.7 Å². The number of carbonyl (C=O) groups excluding carboxylic acids is 1. The molecule has 1 amide bonds. The van der Waals surface area contributed by atoms with Crippen LogP contribution in [0.3, 0.4) is 0 Å². The molecular formula is C23H30ClN7O. The van der Waals surface area contributed by atoms with E-state index in [1.54, 1.807) is 12.4 Å². The van der Waals surface area contributed by atoms with Gasteiger partial charge in [-0.25, -0.2) is 9.97 Å². The van der Waals surface area contributed by atoms with Crippen LogP contribution in [-0.4, -0.2) is 70.1 Å². The standard InChI is InChI=1S/C23H30ClN7O/c1-3-25-23-27-13-19-21(28-23)31-15(2)4-5-18(31)14-30(22(19)32)16-7-10-29(11-8-16)17-6-9-26-20(24)12-17/h6,9,12-13,15-16,18H,3-5,7-8,10-11,14H2,1-2H3,(H,25,27,28)/t15-,18?/m0/s1. The predicted octanol–water partition coefficient (Wildman–Crippen LogP) is 3.44. The second-order valence-electron chi connectivity index (χ2n) is 8.96. The van der Waals surface area contributed by atoms with E-state index in [9.17, 15) is 4.79 Å². The molecule has 2 atom stereocenters. The van der Waals surface area contributed by atoms with Gasteiger partial charge in [0, 0.05) is 62.4 Å². The highest BCUT2D eigenvalue weighted by Crippen LogP contribution is 2.37. The Kier molecular flexibility index (Phi) is 5.80. The summed E-state index contributed by atoms with van der Waals surface area (Å²) in [6.45, 7) is 7.54. The normalized spacial score (nSPS) is 23.7. The monoisotopic (exact) mass is 455 g/mol. The zero-order valence-corrected chi connectivity index (χ0v) is 19.4. The number of nitrogens with zero attached hydrogens (tertiary/aromatic N) is 6. The molecule has 0 aliphatic carbocycles. The molecule has 32 heavy (non-hydrogen) atoms. The van der Waals surface area contributed by atoms with Crippen LogP contribution in [0, 0.1) is 0 Å². The molecule has 3 aliphatic heterocycles. The first-order valence-corrected chi connectivity index (χ1v) is 12.0. The highest BCUT2D eigenvalue weighted by atomic mass is 35.5. The summed E-state index contributed by atoms with van der Waals surface area (Å²) in [6.07, 6.45) is 7.53. The lowest BCUT2D eigenvalue weighted by molar-refractivity contribution is 0.0645. The molecule has 9 heteroatoms. The van der Waals surface area contributed by atoms with Crippen LogP contribution in [-0.2, 0) is 0 Å². The molecule has 3 aliphatic rings. The van der Waals surface area contributed by atoms with Crippen LogP contribution in [0.25, 0.3) is 0 Å². The molecule has 0 aromatic carbocycles. The van der Waals surface area contributed by atoms with Crippen LogP contribution in [0.1, 0.15) is 49.9 Å². The molecule has 1 unspecified atom stereocenters. The Labute approximate surface area is 194 Å². The smallest absolute Gasteiger partial charge is 0.259 e. The number of pyridine rings is 1. The van der Waals surface area contributed by atoms with Crippen molar-refractivity contribution in [1.29, 1.82) is 0 Å². The summed E-state index contributed by atoms with van der Waals surface area (Å²) in [5.74, 6) is 1.45. The van der Waals surface area contributed by atoms with Gasteiger partial charge in [0.1, 0.15) is 16.5 Å². The van der Waals surface area contributed by atoms with Gasteiger partial charge in [0.15, 0.2) is 0 Å². The van der Waals surface area contributed by atoms with Crippen LogP contribution in [0.2, 0.25) is 5.15 Å². The molecule has 2 saturated heterocycles. The minimum Gasteiger partial charge on any atom is -0.371 e. The summed E-state index contributed by atoms with van der Waals surface area (Å²) < 4.78 is 0. The highest BCUT2D eigenvalue weighted by molar-refractivity contribution is 6.29. The number of aromatic nitrogens is 3. The summed E-state index contributed by atoms with van der Waals surface area (Å²) in [4.78, 5) is 33.8. The van der Waals surface area contributed by atoms with Crippen molar-refractivity contribution in [2.75, 3.05) is 41.3 Å². The van der Waals surface area contributed by atoms with E-state index in [1.165, 1.54) is 0 Å². The SMILES string of the molecule is CCNc1ncc2c(n1)N1C(CC[C@@H]1C)CN(C1CCN(c3ccnc(Cl)c3)CC1)C2=O. The third-order valence-corrected chi connectivity index (χ3v) is 7.22. The van der Waals surface area contributed by atoms with Gasteiger partial charge in [-0.15, -0.1) is 0 Å². The predicted molar refractivity (Wildman–Crippen MR) is 127 cm³/mol. The molecule has 0 bridgehead atoms. The summed E-state index contributed by atoms with van der Waals surface area (Å²) >= 11 is 6.08. The number of nitrogens with one attached hydrogen (secondary N) is 1. The van der Waals surface area contributed by atoms with E-state index < -0.39 is 0 Å². The largest absolute Gasteiger partial charge is 0.371 e. The van der Waals surface area contributed by atoms with Gasteiger partial charge in [0.25, 0.3) is 5.91 Å². The van der Waals surface area contributed by atoms with Crippen molar-refractivity contribution in [1.82, 2.24) is 19.9 Å². The number of anilines is 3. The van der Waals surface area contributed by atoms with Crippen LogP contribution in [0.15, 0.2) is 24.5 Å². The van der Waals surface area contributed by atoms with Crippen LogP contribution in [0.4, 0.5) is 17.5 Å². The maximum atomic E-state index is 13.7. The average molecular weight is 456 g/mol. The lowest BCUT2D eigenvalue weighted by Gasteiger charge is -2.40. The average Bonchev–Trinajstić information content (AvgIpc) is 3.11. The molecule has 2 aromatic heterocycles. The number of amides is 1. The molecule has 0 radical (unpaired) electrons. The van der Waals surface area contributed by atoms with E-state index in [1.807, 2.05) is 19.1 Å². The minimum atomic E-state index is 0.0649. The molecule has 2 aromatic rings. The maximum absolute atomic E-state index is 13.7. The first kappa shape index (κ1) is 21.2. The third kappa shape index (κ3) is 3.85. The number of piperidine rings is 1. The van der Waals surface area contributed by atoms with E-state index >= 15 is 0 Å². The molecule has 1 N–H and O–H groups in total. The van der Waals surface area contributed by atoms with Crippen LogP contribution < -0.4 is 15.1 Å². The molecule has 0 spiro atoms. The lowest BCUT2D eigenvalue weighted by atomic mass is 10.0. The first-order chi connectivity index (χ1) is 15.5. The minimum absolute atomic E-state index is 0.0649. The first-order valence-electron chi connectivity index (χ1n) is 11.6. The Balaban J connectivity index is 1.39. The Bertz CT molecular complexity index is 994. The van der Waals surface area contributed by atoms with Crippen LogP contribution in [0.5, 0.6) is 0 Å². The maximum Gasteiger partial charge on any atom is 0.259 e. The van der Waals surface area contributed by atoms with Crippen LogP contribution >= 0.6 is 11.6 Å². The van der Waals surface area contributed by atoms with Crippen molar-refractivity contribution in [3.8, 4) is 0 Å². The second-order valence-corrected chi connectivity index (χ2v) is 9.35. The molecular weight excluding hydrogens is 426 g/mol. The van der Waals surface area contributed by atoms with Crippen molar-refractivity contribution in [2.24, 2.45) is 0 Å². The number of fused-ring (bicyclic) bond motifs is 3. The quantitative estimate of drug-likeness (QED) is 0.707. The fraction of sp³-hybridized carbons (Fsp3) is 0.565. The Morgan fingerprint density at radius 2 is 1.97 bits per heavy atom. The van der Waals surface area contributed by atoms with Crippen molar-refractivity contribution >= 4 is 35.0 Å². The second kappa shape index (κ2) is 8.73.